The number of nitrogens with one attached hydrogen (secondary N) is 3. The van der Waals surface area contributed by atoms with Gasteiger partial charge in [-0.1, -0.05) is 77.9 Å². The quantitative estimate of drug-likeness (QED) is 0.0772. The van der Waals surface area contributed by atoms with Crippen molar-refractivity contribution in [1.82, 2.24) is 29.7 Å². The molecule has 12 rings (SSSR count). The predicted molar refractivity (Wildman–Crippen MR) is 389 cm³/mol. The fraction of sp³-hybridized carbons (Fsp3) is 0.311. The molecule has 0 bridgehead atoms. The standard InChI is InChI=1S/C24H23F2N5O.C24H24FN5OS.C24H24FN5S.2CH4/c1-2-3-16-4-6-21-17(12-16)13-18(15-27)23(28-21)30-8-10-31(11-9-30)24(32)29-22-7-5-19(25)14-20(22)26;1-2-31-19-8-9-21-17(15-19)14-18(16-26)23(27-21)29-10-5-11-30(13-12-29)24(32)28-22-7-4-3-6-20(22)25;1-2-5-17-8-9-21-18(14-17)15-19(16-26)23(27-21)29-10-12-30(13-11-29)24(31)28-22-7-4-3-6-20(22)25;;/h4-7,12-14H,2-3,8-11H2,1H3,(H,29,32);3-4,6-9,14-15H,2,5,10-13H2,1H3,(H,28,32);3-4,6-9,14-15H,2,5,10-13H2,1H3,(H,28,31);2*1H4. The maximum absolute atomic E-state index is 14.0. The van der Waals surface area contributed by atoms with Crippen molar-refractivity contribution in [2.45, 2.75) is 67.7 Å². The van der Waals surface area contributed by atoms with E-state index in [-0.39, 0.29) is 32.2 Å². The first-order valence-electron chi connectivity index (χ1n) is 31.7. The van der Waals surface area contributed by atoms with Gasteiger partial charge in [-0.15, -0.1) is 0 Å². The molecule has 6 aromatic carbocycles. The number of para-hydroxylation sites is 2. The Morgan fingerprint density at radius 3 is 1.32 bits per heavy atom. The van der Waals surface area contributed by atoms with Gasteiger partial charge >= 0.3 is 6.03 Å². The van der Waals surface area contributed by atoms with Crippen molar-refractivity contribution in [2.24, 2.45) is 0 Å². The minimum absolute atomic E-state index is 0. The first-order valence-corrected chi connectivity index (χ1v) is 32.5. The molecule has 0 spiro atoms. The number of amides is 2. The molecule has 3 aliphatic rings. The molecular weight excluding hydrogens is 1270 g/mol. The van der Waals surface area contributed by atoms with Crippen LogP contribution in [-0.4, -0.2) is 131 Å². The fourth-order valence-electron chi connectivity index (χ4n) is 11.6. The van der Waals surface area contributed by atoms with Crippen LogP contribution in [0.2, 0.25) is 0 Å². The summed E-state index contributed by atoms with van der Waals surface area (Å²) in [5, 5.41) is 41.4. The first-order chi connectivity index (χ1) is 46.1. The highest BCUT2D eigenvalue weighted by Gasteiger charge is 2.27. The number of fused-ring (bicyclic) bond motifs is 3. The van der Waals surface area contributed by atoms with E-state index >= 15 is 0 Å². The van der Waals surface area contributed by atoms with Crippen LogP contribution in [0.15, 0.2) is 140 Å². The lowest BCUT2D eigenvalue weighted by Crippen LogP contribution is -2.50. The summed E-state index contributed by atoms with van der Waals surface area (Å²) in [6, 6.07) is 46.2. The molecule has 0 radical (unpaired) electrons. The zero-order valence-corrected chi connectivity index (χ0v) is 54.7. The number of urea groups is 1. The maximum Gasteiger partial charge on any atom is 0.322 e. The molecule has 3 fully saturated rings. The van der Waals surface area contributed by atoms with Crippen LogP contribution in [0, 0.1) is 57.3 Å². The lowest BCUT2D eigenvalue weighted by atomic mass is 10.1. The van der Waals surface area contributed by atoms with Gasteiger partial charge in [0.2, 0.25) is 0 Å². The van der Waals surface area contributed by atoms with Crippen molar-refractivity contribution in [3.05, 3.63) is 191 Å². The summed E-state index contributed by atoms with van der Waals surface area (Å²) >= 11 is 11.0. The third-order valence-electron chi connectivity index (χ3n) is 16.5. The van der Waals surface area contributed by atoms with Gasteiger partial charge in [-0.25, -0.2) is 37.3 Å². The van der Waals surface area contributed by atoms with Crippen LogP contribution in [0.1, 0.15) is 82.7 Å². The molecule has 6 heterocycles. The maximum atomic E-state index is 14.0. The van der Waals surface area contributed by atoms with Crippen molar-refractivity contribution in [1.29, 1.82) is 15.8 Å². The highest BCUT2D eigenvalue weighted by atomic mass is 32.1. The highest BCUT2D eigenvalue weighted by Crippen LogP contribution is 2.31. The number of carbonyl (C=O) groups is 1. The van der Waals surface area contributed by atoms with E-state index in [0.717, 1.165) is 95.8 Å². The second kappa shape index (κ2) is 34.3. The van der Waals surface area contributed by atoms with Crippen molar-refractivity contribution < 1.29 is 27.1 Å². The van der Waals surface area contributed by atoms with Crippen LogP contribution in [0.25, 0.3) is 32.7 Å². The molecule has 0 aliphatic carbocycles. The Labute approximate surface area is 575 Å². The van der Waals surface area contributed by atoms with Gasteiger partial charge < -0.3 is 50.1 Å². The van der Waals surface area contributed by atoms with Crippen LogP contribution in [0.5, 0.6) is 5.75 Å². The third-order valence-corrected chi connectivity index (χ3v) is 17.2. The minimum Gasteiger partial charge on any atom is -0.494 e. The number of rotatable bonds is 12. The summed E-state index contributed by atoms with van der Waals surface area (Å²) in [6.07, 6.45) is 4.97. The second-order valence-corrected chi connectivity index (χ2v) is 23.7. The lowest BCUT2D eigenvalue weighted by Gasteiger charge is -2.37. The molecule has 3 aromatic heterocycles. The summed E-state index contributed by atoms with van der Waals surface area (Å²) in [5.74, 6) is 0.574. The number of ether oxygens (including phenoxy) is 1. The molecule has 9 aromatic rings. The second-order valence-electron chi connectivity index (χ2n) is 22.9. The molecular formula is C74H79F4N15O2S2. The molecule has 97 heavy (non-hydrogen) atoms. The number of pyridine rings is 3. The van der Waals surface area contributed by atoms with Gasteiger partial charge in [-0.3, -0.25) is 0 Å². The molecule has 23 heteroatoms. The van der Waals surface area contributed by atoms with Crippen LogP contribution >= 0.6 is 24.4 Å². The van der Waals surface area contributed by atoms with Crippen LogP contribution in [0.3, 0.4) is 0 Å². The Morgan fingerprint density at radius 1 is 0.474 bits per heavy atom. The zero-order valence-electron chi connectivity index (χ0n) is 53.0. The van der Waals surface area contributed by atoms with E-state index in [0.29, 0.717) is 128 Å². The highest BCUT2D eigenvalue weighted by molar-refractivity contribution is 7.80. The lowest BCUT2D eigenvalue weighted by molar-refractivity contribution is 0.208. The zero-order chi connectivity index (χ0) is 67.0. The number of carbonyl (C=O) groups excluding carboxylic acids is 1. The summed E-state index contributed by atoms with van der Waals surface area (Å²) < 4.78 is 60.3. The van der Waals surface area contributed by atoms with E-state index in [2.05, 4.69) is 82.1 Å². The SMILES string of the molecule is C.C.CCCc1ccc2nc(N3CCN(C(=O)Nc4ccc(F)cc4F)CC3)c(C#N)cc2c1.CCCc1ccc2nc(N3CCN(C(=S)Nc4ccccc4F)CC3)c(C#N)cc2c1.CCOc1ccc2nc(N3CCCN(C(=S)Nc4ccccc4F)CC3)c(C#N)cc2c1. The van der Waals surface area contributed by atoms with E-state index in [1.165, 1.54) is 29.3 Å². The number of nitrogens with zero attached hydrogens (tertiary/aromatic N) is 12. The summed E-state index contributed by atoms with van der Waals surface area (Å²) in [5.41, 5.74) is 7.32. The number of benzene rings is 6. The number of hydrogen-bond acceptors (Lipinski definition) is 13. The number of halogens is 4. The third kappa shape index (κ3) is 18.1. The number of piperazine rings is 2. The Balaban J connectivity index is 0.000000184. The Bertz CT molecular complexity index is 4410. The molecule has 17 nitrogen and oxygen atoms in total. The van der Waals surface area contributed by atoms with Gasteiger partial charge in [-0.05, 0) is 159 Å². The van der Waals surface area contributed by atoms with Crippen molar-refractivity contribution >= 4 is 108 Å². The number of thiocarbonyl (C=S) groups is 2. The average Bonchev–Trinajstić information content (AvgIpc) is 1.29. The van der Waals surface area contributed by atoms with E-state index in [4.69, 9.17) is 44.1 Å². The molecule has 502 valence electrons. The topological polar surface area (TPSA) is 192 Å². The number of anilines is 6. The van der Waals surface area contributed by atoms with Crippen molar-refractivity contribution in [3.8, 4) is 24.0 Å². The van der Waals surface area contributed by atoms with Gasteiger partial charge in [-0.2, -0.15) is 15.8 Å². The van der Waals surface area contributed by atoms with E-state index < -0.39 is 17.7 Å². The van der Waals surface area contributed by atoms with Gasteiger partial charge in [0.05, 0.1) is 56.9 Å². The minimum atomic E-state index is -0.821. The normalized spacial score (nSPS) is 13.6. The Morgan fingerprint density at radius 2 is 0.887 bits per heavy atom. The van der Waals surface area contributed by atoms with Gasteiger partial charge in [0.15, 0.2) is 10.2 Å². The van der Waals surface area contributed by atoms with E-state index in [1.807, 2.05) is 70.2 Å². The van der Waals surface area contributed by atoms with Crippen LogP contribution < -0.4 is 35.4 Å². The molecule has 2 amide bonds. The van der Waals surface area contributed by atoms with Crippen molar-refractivity contribution in [3.63, 3.8) is 0 Å². The Kier molecular flexibility index (Phi) is 25.6. The fourth-order valence-corrected chi connectivity index (χ4v) is 12.1. The molecule has 0 saturated carbocycles. The summed E-state index contributed by atoms with van der Waals surface area (Å²) in [7, 11) is 0. The van der Waals surface area contributed by atoms with E-state index in [1.54, 1.807) is 41.3 Å². The number of hydrogen-bond donors (Lipinski definition) is 3. The van der Waals surface area contributed by atoms with Gasteiger partial charge in [0.1, 0.15) is 64.7 Å². The summed E-state index contributed by atoms with van der Waals surface area (Å²) in [6.45, 7) is 14.0. The van der Waals surface area contributed by atoms with E-state index in [9.17, 15) is 38.1 Å². The first kappa shape index (κ1) is 72.4. The predicted octanol–water partition coefficient (Wildman–Crippen LogP) is 15.2. The smallest absolute Gasteiger partial charge is 0.322 e. The van der Waals surface area contributed by atoms with Crippen LogP contribution in [0.4, 0.5) is 56.9 Å². The average molecular weight is 1350 g/mol. The largest absolute Gasteiger partial charge is 0.494 e. The molecule has 0 atom stereocenters. The molecule has 3 N–H and O–H groups in total. The molecule has 3 aliphatic heterocycles. The Hall–Kier alpha value is -10.4. The number of aromatic nitrogens is 3. The molecule has 0 unspecified atom stereocenters. The number of aryl methyl sites for hydroxylation is 2. The summed E-state index contributed by atoms with van der Waals surface area (Å²) in [4.78, 5) is 38.7. The van der Waals surface area contributed by atoms with Gasteiger partial charge in [0, 0.05) is 101 Å². The monoisotopic (exact) mass is 1350 g/mol. The molecule has 3 saturated heterocycles. The number of nitriles is 3. The van der Waals surface area contributed by atoms with Crippen LogP contribution in [-0.2, 0) is 12.8 Å². The van der Waals surface area contributed by atoms with Gasteiger partial charge in [0.25, 0.3) is 0 Å². The van der Waals surface area contributed by atoms with Crippen molar-refractivity contribution in [2.75, 3.05) is 116 Å².